The molecule has 0 fully saturated rings. The van der Waals surface area contributed by atoms with Crippen molar-refractivity contribution >= 4 is 12.0 Å². The van der Waals surface area contributed by atoms with Crippen molar-refractivity contribution in [3.8, 4) is 0 Å². The summed E-state index contributed by atoms with van der Waals surface area (Å²) >= 11 is 0. The lowest BCUT2D eigenvalue weighted by Gasteiger charge is -2.24. The summed E-state index contributed by atoms with van der Waals surface area (Å²) in [6.45, 7) is 9.27. The fourth-order valence-corrected chi connectivity index (χ4v) is 1.26. The van der Waals surface area contributed by atoms with E-state index in [1.807, 2.05) is 13.8 Å². The number of likely N-dealkylation sites (N-methyl/N-ethyl adjacent to an activating group) is 1. The van der Waals surface area contributed by atoms with Crippen LogP contribution in [0.5, 0.6) is 0 Å². The van der Waals surface area contributed by atoms with E-state index in [1.165, 1.54) is 20.2 Å². The van der Waals surface area contributed by atoms with Crippen molar-refractivity contribution in [2.24, 2.45) is 5.92 Å². The van der Waals surface area contributed by atoms with Gasteiger partial charge < -0.3 is 10.1 Å². The monoisotopic (exact) mass is 286 g/mol. The Morgan fingerprint density at radius 2 is 1.80 bits per heavy atom. The first-order chi connectivity index (χ1) is 9.06. The smallest absolute Gasteiger partial charge is 0.408 e. The van der Waals surface area contributed by atoms with E-state index in [0.717, 1.165) is 5.06 Å². The van der Waals surface area contributed by atoms with E-state index < -0.39 is 11.7 Å². The van der Waals surface area contributed by atoms with Gasteiger partial charge in [-0.2, -0.15) is 0 Å². The molecule has 1 N–H and O–H groups in total. The normalized spacial score (nSPS) is 13.4. The molecular formula is C14H26N2O4. The van der Waals surface area contributed by atoms with Gasteiger partial charge in [0.1, 0.15) is 5.60 Å². The van der Waals surface area contributed by atoms with Crippen molar-refractivity contribution in [1.29, 1.82) is 0 Å². The molecular weight excluding hydrogens is 260 g/mol. The van der Waals surface area contributed by atoms with Gasteiger partial charge in [0.15, 0.2) is 0 Å². The molecule has 0 bridgehead atoms. The van der Waals surface area contributed by atoms with Crippen molar-refractivity contribution in [3.63, 3.8) is 0 Å². The lowest BCUT2D eigenvalue weighted by atomic mass is 10.0. The molecule has 0 radical (unpaired) electrons. The predicted octanol–water partition coefficient (Wildman–Crippen LogP) is 2.11. The number of carbonyl (C=O) groups excluding carboxylic acids is 2. The van der Waals surface area contributed by atoms with Crippen LogP contribution in [0.3, 0.4) is 0 Å². The molecule has 0 aliphatic rings. The summed E-state index contributed by atoms with van der Waals surface area (Å²) in [6.07, 6.45) is 2.49. The molecule has 0 aromatic carbocycles. The Morgan fingerprint density at radius 3 is 2.20 bits per heavy atom. The largest absolute Gasteiger partial charge is 0.444 e. The summed E-state index contributed by atoms with van der Waals surface area (Å²) in [4.78, 5) is 28.1. The quantitative estimate of drug-likeness (QED) is 0.621. The number of carbonyl (C=O) groups is 2. The number of rotatable bonds is 5. The molecule has 0 rings (SSSR count). The summed E-state index contributed by atoms with van der Waals surface area (Å²) in [7, 11) is 2.92. The maximum atomic E-state index is 11.7. The Kier molecular flexibility index (Phi) is 7.28. The van der Waals surface area contributed by atoms with Gasteiger partial charge in [0, 0.05) is 13.1 Å². The summed E-state index contributed by atoms with van der Waals surface area (Å²) in [5, 5.41) is 3.82. The van der Waals surface area contributed by atoms with Gasteiger partial charge in [-0.05, 0) is 26.7 Å². The number of nitrogens with one attached hydrogen (secondary N) is 1. The fraction of sp³-hybridized carbons (Fsp3) is 0.714. The predicted molar refractivity (Wildman–Crippen MR) is 76.9 cm³/mol. The molecule has 20 heavy (non-hydrogen) atoms. The molecule has 0 heterocycles. The van der Waals surface area contributed by atoms with Crippen LogP contribution in [0.15, 0.2) is 12.2 Å². The maximum Gasteiger partial charge on any atom is 0.408 e. The van der Waals surface area contributed by atoms with Crippen molar-refractivity contribution in [2.75, 3.05) is 14.2 Å². The fourth-order valence-electron chi connectivity index (χ4n) is 1.26. The molecule has 0 aliphatic carbocycles. The second kappa shape index (κ2) is 7.89. The number of ether oxygens (including phenoxy) is 1. The summed E-state index contributed by atoms with van der Waals surface area (Å²) < 4.78 is 5.19. The zero-order valence-corrected chi connectivity index (χ0v) is 13.4. The first kappa shape index (κ1) is 18.4. The Hall–Kier alpha value is -1.56. The van der Waals surface area contributed by atoms with E-state index in [9.17, 15) is 9.59 Å². The average molecular weight is 286 g/mol. The minimum Gasteiger partial charge on any atom is -0.444 e. The van der Waals surface area contributed by atoms with E-state index in [-0.39, 0.29) is 17.9 Å². The van der Waals surface area contributed by atoms with E-state index in [0.29, 0.717) is 0 Å². The van der Waals surface area contributed by atoms with Gasteiger partial charge in [-0.15, -0.1) is 0 Å². The highest BCUT2D eigenvalue weighted by Gasteiger charge is 2.20. The van der Waals surface area contributed by atoms with E-state index in [4.69, 9.17) is 9.57 Å². The lowest BCUT2D eigenvalue weighted by molar-refractivity contribution is -0.162. The molecule has 0 saturated heterocycles. The zero-order valence-electron chi connectivity index (χ0n) is 13.4. The summed E-state index contributed by atoms with van der Waals surface area (Å²) in [5.74, 6) is -0.177. The van der Waals surface area contributed by atoms with Gasteiger partial charge in [-0.25, -0.2) is 9.86 Å². The third kappa shape index (κ3) is 7.78. The molecule has 0 aliphatic heterocycles. The summed E-state index contributed by atoms with van der Waals surface area (Å²) in [5.41, 5.74) is -0.554. The number of hydrogen-bond acceptors (Lipinski definition) is 4. The number of alkyl carbamates (subject to hydrolysis) is 1. The summed E-state index contributed by atoms with van der Waals surface area (Å²) in [6, 6.07) is -0.293. The zero-order chi connectivity index (χ0) is 15.9. The van der Waals surface area contributed by atoms with Gasteiger partial charge in [-0.1, -0.05) is 19.9 Å². The van der Waals surface area contributed by atoms with E-state index >= 15 is 0 Å². The highest BCUT2D eigenvalue weighted by Crippen LogP contribution is 2.09. The number of amides is 2. The highest BCUT2D eigenvalue weighted by molar-refractivity contribution is 5.86. The van der Waals surface area contributed by atoms with Crippen LogP contribution >= 0.6 is 0 Å². The standard InChI is InChI=1S/C14H26N2O4/c1-10(2)11(8-9-12(17)16(6)19-7)15-13(18)20-14(3,4)5/h8-11H,1-7H3,(H,15,18)/b9-8+/t11-/m1/s1. The Labute approximate surface area is 121 Å². The highest BCUT2D eigenvalue weighted by atomic mass is 16.7. The number of hydroxylamine groups is 2. The third-order valence-corrected chi connectivity index (χ3v) is 2.43. The van der Waals surface area contributed by atoms with Crippen molar-refractivity contribution in [2.45, 2.75) is 46.3 Å². The van der Waals surface area contributed by atoms with Crippen molar-refractivity contribution in [1.82, 2.24) is 10.4 Å². The Bertz CT molecular complexity index is 359. The number of nitrogens with zero attached hydrogens (tertiary/aromatic N) is 1. The van der Waals surface area contributed by atoms with Crippen LogP contribution in [0.25, 0.3) is 0 Å². The average Bonchev–Trinajstić information content (AvgIpc) is 2.30. The van der Waals surface area contributed by atoms with Crippen LogP contribution in [-0.4, -0.2) is 42.9 Å². The first-order valence-corrected chi connectivity index (χ1v) is 6.56. The van der Waals surface area contributed by atoms with Crippen molar-refractivity contribution < 1.29 is 19.2 Å². The van der Waals surface area contributed by atoms with E-state index in [2.05, 4.69) is 5.32 Å². The topological polar surface area (TPSA) is 67.9 Å². The number of hydrogen-bond donors (Lipinski definition) is 1. The van der Waals surface area contributed by atoms with Crippen molar-refractivity contribution in [3.05, 3.63) is 12.2 Å². The van der Waals surface area contributed by atoms with Gasteiger partial charge in [0.05, 0.1) is 13.2 Å². The molecule has 2 amide bonds. The van der Waals surface area contributed by atoms with Crippen LogP contribution in [0, 0.1) is 5.92 Å². The van der Waals surface area contributed by atoms with Crippen LogP contribution in [0.1, 0.15) is 34.6 Å². The minimum absolute atomic E-state index is 0.124. The molecule has 0 saturated carbocycles. The van der Waals surface area contributed by atoms with Crippen LogP contribution in [0.4, 0.5) is 4.79 Å². The van der Waals surface area contributed by atoms with Crippen LogP contribution in [0.2, 0.25) is 0 Å². The second-order valence-corrected chi connectivity index (χ2v) is 5.79. The van der Waals surface area contributed by atoms with E-state index in [1.54, 1.807) is 26.8 Å². The molecule has 0 unspecified atom stereocenters. The Morgan fingerprint density at radius 1 is 1.25 bits per heavy atom. The molecule has 6 heteroatoms. The lowest BCUT2D eigenvalue weighted by Crippen LogP contribution is -2.41. The van der Waals surface area contributed by atoms with Gasteiger partial charge in [0.2, 0.25) is 0 Å². The molecule has 0 spiro atoms. The molecule has 0 aromatic rings. The van der Waals surface area contributed by atoms with Gasteiger partial charge >= 0.3 is 6.09 Å². The minimum atomic E-state index is -0.554. The molecule has 116 valence electrons. The SMILES string of the molecule is CON(C)C(=O)/C=C/[C@@H](NC(=O)OC(C)(C)C)C(C)C. The Balaban J connectivity index is 4.63. The van der Waals surface area contributed by atoms with Gasteiger partial charge in [0.25, 0.3) is 5.91 Å². The molecule has 6 nitrogen and oxygen atoms in total. The molecule has 1 atom stereocenters. The first-order valence-electron chi connectivity index (χ1n) is 6.56. The third-order valence-electron chi connectivity index (χ3n) is 2.43. The van der Waals surface area contributed by atoms with Gasteiger partial charge in [-0.3, -0.25) is 9.63 Å². The molecule has 0 aromatic heterocycles. The second-order valence-electron chi connectivity index (χ2n) is 5.79. The van der Waals surface area contributed by atoms with Crippen LogP contribution < -0.4 is 5.32 Å². The van der Waals surface area contributed by atoms with Crippen LogP contribution in [-0.2, 0) is 14.4 Å². The maximum absolute atomic E-state index is 11.7.